The molecule has 3 N–H and O–H groups in total. The lowest BCUT2D eigenvalue weighted by atomic mass is 10.0. The van der Waals surface area contributed by atoms with Crippen LogP contribution in [-0.4, -0.2) is 31.2 Å². The molecule has 1 fully saturated rings. The van der Waals surface area contributed by atoms with Gasteiger partial charge in [-0.25, -0.2) is 10.9 Å². The van der Waals surface area contributed by atoms with Gasteiger partial charge in [0.25, 0.3) is 0 Å². The molecule has 7 nitrogen and oxygen atoms in total. The molecular weight excluding hydrogens is 344 g/mol. The molecule has 1 saturated heterocycles. The van der Waals surface area contributed by atoms with Gasteiger partial charge in [0, 0.05) is 30.6 Å². The van der Waals surface area contributed by atoms with Gasteiger partial charge in [0.2, 0.25) is 5.91 Å². The van der Waals surface area contributed by atoms with Crippen LogP contribution in [0.3, 0.4) is 0 Å². The van der Waals surface area contributed by atoms with Crippen LogP contribution in [0.2, 0.25) is 5.02 Å². The Morgan fingerprint density at radius 2 is 2.16 bits per heavy atom. The second-order valence-corrected chi connectivity index (χ2v) is 6.00. The summed E-state index contributed by atoms with van der Waals surface area (Å²) in [5, 5.41) is 3.17. The quantitative estimate of drug-likeness (QED) is 0.757. The summed E-state index contributed by atoms with van der Waals surface area (Å²) in [6.45, 7) is 0. The van der Waals surface area contributed by atoms with E-state index in [9.17, 15) is 4.79 Å². The molecule has 8 heteroatoms. The third-order valence-corrected chi connectivity index (χ3v) is 4.34. The van der Waals surface area contributed by atoms with Crippen LogP contribution in [-0.2, 0) is 4.79 Å². The molecule has 2 atom stereocenters. The molecule has 0 spiro atoms. The summed E-state index contributed by atoms with van der Waals surface area (Å²) in [6, 6.07) is 6.73. The molecule has 0 bridgehead atoms. The standard InChI is InChI=1S/C17H19ClN4O3/c1-24-11-6-12(18)16(15(7-11)25-2)20-17(23)14-8-13(21-22-14)10-4-3-5-19-9-10/h3-7,9,13-14,21-22H,8H2,1-2H3,(H,20,23). The van der Waals surface area contributed by atoms with Crippen LogP contribution in [0.4, 0.5) is 5.69 Å². The molecule has 1 aromatic carbocycles. The van der Waals surface area contributed by atoms with Crippen molar-refractivity contribution < 1.29 is 14.3 Å². The second-order valence-electron chi connectivity index (χ2n) is 5.59. The van der Waals surface area contributed by atoms with Crippen LogP contribution in [0.1, 0.15) is 18.0 Å². The number of hydrogen-bond acceptors (Lipinski definition) is 6. The van der Waals surface area contributed by atoms with Crippen LogP contribution in [0.25, 0.3) is 0 Å². The molecule has 25 heavy (non-hydrogen) atoms. The summed E-state index contributed by atoms with van der Waals surface area (Å²) in [6.07, 6.45) is 4.09. The summed E-state index contributed by atoms with van der Waals surface area (Å²) in [5.41, 5.74) is 7.56. The van der Waals surface area contributed by atoms with Crippen molar-refractivity contribution in [3.8, 4) is 11.5 Å². The van der Waals surface area contributed by atoms with Crippen molar-refractivity contribution in [2.45, 2.75) is 18.5 Å². The molecule has 2 aromatic rings. The smallest absolute Gasteiger partial charge is 0.243 e. The van der Waals surface area contributed by atoms with Gasteiger partial charge in [-0.3, -0.25) is 9.78 Å². The van der Waals surface area contributed by atoms with E-state index in [1.807, 2.05) is 12.1 Å². The van der Waals surface area contributed by atoms with E-state index in [1.54, 1.807) is 24.5 Å². The van der Waals surface area contributed by atoms with E-state index in [2.05, 4.69) is 21.2 Å². The number of carbonyl (C=O) groups excluding carboxylic acids is 1. The van der Waals surface area contributed by atoms with Crippen LogP contribution in [0, 0.1) is 0 Å². The van der Waals surface area contributed by atoms with Crippen molar-refractivity contribution in [2.24, 2.45) is 0 Å². The molecule has 132 valence electrons. The number of nitrogens with one attached hydrogen (secondary N) is 3. The zero-order valence-corrected chi connectivity index (χ0v) is 14.6. The average molecular weight is 363 g/mol. The van der Waals surface area contributed by atoms with Gasteiger partial charge >= 0.3 is 0 Å². The second kappa shape index (κ2) is 7.69. The molecular formula is C17H19ClN4O3. The number of ether oxygens (including phenoxy) is 2. The topological polar surface area (TPSA) is 84.5 Å². The normalized spacial score (nSPS) is 19.5. The predicted molar refractivity (Wildman–Crippen MR) is 94.8 cm³/mol. The third-order valence-electron chi connectivity index (χ3n) is 4.04. The highest BCUT2D eigenvalue weighted by atomic mass is 35.5. The fraction of sp³-hybridized carbons (Fsp3) is 0.294. The van der Waals surface area contributed by atoms with Gasteiger partial charge in [-0.05, 0) is 18.1 Å². The van der Waals surface area contributed by atoms with Crippen molar-refractivity contribution >= 4 is 23.2 Å². The van der Waals surface area contributed by atoms with Gasteiger partial charge < -0.3 is 14.8 Å². The van der Waals surface area contributed by atoms with Gasteiger partial charge in [-0.2, -0.15) is 0 Å². The number of pyridine rings is 1. The summed E-state index contributed by atoms with van der Waals surface area (Å²) < 4.78 is 10.5. The molecule has 3 rings (SSSR count). The molecule has 2 heterocycles. The Bertz CT molecular complexity index is 757. The summed E-state index contributed by atoms with van der Waals surface area (Å²) in [4.78, 5) is 16.7. The number of nitrogens with zero attached hydrogens (tertiary/aromatic N) is 1. The Morgan fingerprint density at radius 3 is 2.84 bits per heavy atom. The van der Waals surface area contributed by atoms with Crippen LogP contribution in [0.15, 0.2) is 36.7 Å². The number of anilines is 1. The molecule has 0 aliphatic carbocycles. The highest BCUT2D eigenvalue weighted by Gasteiger charge is 2.31. The molecule has 1 aliphatic rings. The van der Waals surface area contributed by atoms with Gasteiger partial charge in [0.1, 0.15) is 23.2 Å². The molecule has 1 aliphatic heterocycles. The monoisotopic (exact) mass is 362 g/mol. The minimum absolute atomic E-state index is 0.0117. The first kappa shape index (κ1) is 17.5. The number of hydrazine groups is 1. The maximum atomic E-state index is 12.6. The first-order valence-corrected chi connectivity index (χ1v) is 8.13. The zero-order valence-electron chi connectivity index (χ0n) is 13.9. The number of methoxy groups -OCH3 is 2. The molecule has 2 unspecified atom stereocenters. The van der Waals surface area contributed by atoms with Crippen LogP contribution < -0.4 is 25.6 Å². The number of aromatic nitrogens is 1. The largest absolute Gasteiger partial charge is 0.497 e. The average Bonchev–Trinajstić information content (AvgIpc) is 3.14. The fourth-order valence-electron chi connectivity index (χ4n) is 2.70. The first-order valence-electron chi connectivity index (χ1n) is 7.75. The molecule has 1 amide bonds. The summed E-state index contributed by atoms with van der Waals surface area (Å²) in [7, 11) is 3.05. The lowest BCUT2D eigenvalue weighted by Crippen LogP contribution is -2.39. The molecule has 1 aromatic heterocycles. The zero-order chi connectivity index (χ0) is 17.8. The minimum atomic E-state index is -0.409. The van der Waals surface area contributed by atoms with Gasteiger partial charge in [-0.1, -0.05) is 17.7 Å². The summed E-state index contributed by atoms with van der Waals surface area (Å²) in [5.74, 6) is 0.786. The van der Waals surface area contributed by atoms with Crippen LogP contribution >= 0.6 is 11.6 Å². The van der Waals surface area contributed by atoms with Crippen LogP contribution in [0.5, 0.6) is 11.5 Å². The van der Waals surface area contributed by atoms with Gasteiger partial charge in [0.15, 0.2) is 0 Å². The van der Waals surface area contributed by atoms with Crippen molar-refractivity contribution in [1.29, 1.82) is 0 Å². The maximum absolute atomic E-state index is 12.6. The van der Waals surface area contributed by atoms with Crippen molar-refractivity contribution in [2.75, 3.05) is 19.5 Å². The number of amides is 1. The first-order chi connectivity index (χ1) is 12.1. The van der Waals surface area contributed by atoms with Crippen molar-refractivity contribution in [3.63, 3.8) is 0 Å². The molecule has 0 radical (unpaired) electrons. The number of hydrogen-bond donors (Lipinski definition) is 3. The van der Waals surface area contributed by atoms with E-state index in [1.165, 1.54) is 14.2 Å². The summed E-state index contributed by atoms with van der Waals surface area (Å²) >= 11 is 6.25. The Balaban J connectivity index is 1.71. The Labute approximate surface area is 150 Å². The number of halogens is 1. The number of benzene rings is 1. The molecule has 0 saturated carbocycles. The van der Waals surface area contributed by atoms with E-state index in [-0.39, 0.29) is 11.9 Å². The number of rotatable bonds is 5. The van der Waals surface area contributed by atoms with Gasteiger partial charge in [-0.15, -0.1) is 0 Å². The van der Waals surface area contributed by atoms with E-state index in [0.29, 0.717) is 28.6 Å². The Morgan fingerprint density at radius 1 is 1.32 bits per heavy atom. The van der Waals surface area contributed by atoms with E-state index in [4.69, 9.17) is 21.1 Å². The number of carbonyl (C=O) groups is 1. The highest BCUT2D eigenvalue weighted by molar-refractivity contribution is 6.34. The fourth-order valence-corrected chi connectivity index (χ4v) is 2.95. The third kappa shape index (κ3) is 3.84. The van der Waals surface area contributed by atoms with Crippen molar-refractivity contribution in [1.82, 2.24) is 15.8 Å². The highest BCUT2D eigenvalue weighted by Crippen LogP contribution is 2.37. The van der Waals surface area contributed by atoms with Crippen molar-refractivity contribution in [3.05, 3.63) is 47.2 Å². The van der Waals surface area contributed by atoms with Gasteiger partial charge in [0.05, 0.1) is 19.2 Å². The Hall–Kier alpha value is -2.35. The van der Waals surface area contributed by atoms with E-state index >= 15 is 0 Å². The predicted octanol–water partition coefficient (Wildman–Crippen LogP) is 2.30. The minimum Gasteiger partial charge on any atom is -0.497 e. The Kier molecular flexibility index (Phi) is 5.37. The lowest BCUT2D eigenvalue weighted by Gasteiger charge is -2.16. The van der Waals surface area contributed by atoms with E-state index < -0.39 is 6.04 Å². The van der Waals surface area contributed by atoms with E-state index in [0.717, 1.165) is 5.56 Å². The maximum Gasteiger partial charge on any atom is 0.243 e. The lowest BCUT2D eigenvalue weighted by molar-refractivity contribution is -0.117. The SMILES string of the molecule is COc1cc(Cl)c(NC(=O)C2CC(c3cccnc3)NN2)c(OC)c1.